The van der Waals surface area contributed by atoms with Gasteiger partial charge in [-0.05, 0) is 43.1 Å². The summed E-state index contributed by atoms with van der Waals surface area (Å²) >= 11 is 7.21. The molecule has 1 atom stereocenters. The van der Waals surface area contributed by atoms with Gasteiger partial charge in [0.1, 0.15) is 0 Å². The molecule has 1 rings (SSSR count). The van der Waals surface area contributed by atoms with Crippen LogP contribution in [0.15, 0.2) is 21.1 Å². The van der Waals surface area contributed by atoms with Gasteiger partial charge in [-0.1, -0.05) is 45.7 Å². The maximum absolute atomic E-state index is 3.63. The van der Waals surface area contributed by atoms with Crippen molar-refractivity contribution in [2.45, 2.75) is 26.8 Å². The van der Waals surface area contributed by atoms with Gasteiger partial charge in [-0.25, -0.2) is 0 Å². The first-order valence-corrected chi connectivity index (χ1v) is 6.68. The lowest BCUT2D eigenvalue weighted by Crippen LogP contribution is -2.22. The molecule has 1 unspecified atom stereocenters. The van der Waals surface area contributed by atoms with Crippen molar-refractivity contribution in [2.24, 2.45) is 5.92 Å². The summed E-state index contributed by atoms with van der Waals surface area (Å²) in [5.74, 6) is 0.570. The summed E-state index contributed by atoms with van der Waals surface area (Å²) in [6, 6.07) is 4.74. The average molecular weight is 335 g/mol. The maximum Gasteiger partial charge on any atom is 0.0352 e. The summed E-state index contributed by atoms with van der Waals surface area (Å²) in [6.07, 6.45) is 0. The lowest BCUT2D eigenvalue weighted by Gasteiger charge is -2.22. The second-order valence-corrected chi connectivity index (χ2v) is 5.84. The van der Waals surface area contributed by atoms with E-state index in [1.807, 2.05) is 7.05 Å². The largest absolute Gasteiger partial charge is 0.313 e. The number of aryl methyl sites for hydroxylation is 1. The second kappa shape index (κ2) is 5.46. The third kappa shape index (κ3) is 3.05. The Morgan fingerprint density at radius 1 is 1.13 bits per heavy atom. The van der Waals surface area contributed by atoms with Gasteiger partial charge in [0, 0.05) is 15.0 Å². The molecule has 1 aromatic rings. The fraction of sp³-hybridized carbons (Fsp3) is 0.500. The molecular weight excluding hydrogens is 318 g/mol. The third-order valence-corrected chi connectivity index (χ3v) is 4.13. The molecule has 0 aliphatic rings. The zero-order chi connectivity index (χ0) is 11.6. The van der Waals surface area contributed by atoms with E-state index in [0.717, 1.165) is 0 Å². The first-order chi connectivity index (χ1) is 6.97. The van der Waals surface area contributed by atoms with Crippen LogP contribution in [0.25, 0.3) is 0 Å². The van der Waals surface area contributed by atoms with Gasteiger partial charge in [0.05, 0.1) is 0 Å². The van der Waals surface area contributed by atoms with Crippen molar-refractivity contribution in [2.75, 3.05) is 7.05 Å². The van der Waals surface area contributed by atoms with Crippen molar-refractivity contribution in [3.05, 3.63) is 32.2 Å². The van der Waals surface area contributed by atoms with Crippen molar-refractivity contribution < 1.29 is 0 Å². The predicted octanol–water partition coefficient (Wildman–Crippen LogP) is 4.44. The van der Waals surface area contributed by atoms with E-state index in [9.17, 15) is 0 Å². The van der Waals surface area contributed by atoms with E-state index in [-0.39, 0.29) is 0 Å². The molecule has 0 aromatic heterocycles. The van der Waals surface area contributed by atoms with Crippen molar-refractivity contribution >= 4 is 31.9 Å². The normalized spacial score (nSPS) is 13.3. The van der Waals surface area contributed by atoms with Gasteiger partial charge in [0.2, 0.25) is 0 Å². The van der Waals surface area contributed by atoms with Gasteiger partial charge in [0.15, 0.2) is 0 Å². The number of hydrogen-bond acceptors (Lipinski definition) is 1. The fourth-order valence-electron chi connectivity index (χ4n) is 1.75. The van der Waals surface area contributed by atoms with Crippen LogP contribution in [0, 0.1) is 12.8 Å². The van der Waals surface area contributed by atoms with Gasteiger partial charge in [0.25, 0.3) is 0 Å². The maximum atomic E-state index is 3.63. The molecule has 0 aliphatic carbocycles. The molecule has 1 nitrogen and oxygen atoms in total. The summed E-state index contributed by atoms with van der Waals surface area (Å²) in [5, 5.41) is 3.35. The predicted molar refractivity (Wildman–Crippen MR) is 73.2 cm³/mol. The van der Waals surface area contributed by atoms with Gasteiger partial charge in [-0.2, -0.15) is 0 Å². The molecule has 3 heteroatoms. The topological polar surface area (TPSA) is 12.0 Å². The Bertz CT molecular complexity index is 348. The van der Waals surface area contributed by atoms with E-state index in [4.69, 9.17) is 0 Å². The number of benzene rings is 1. The van der Waals surface area contributed by atoms with E-state index in [1.54, 1.807) is 0 Å². The Balaban J connectivity index is 3.18. The van der Waals surface area contributed by atoms with Gasteiger partial charge in [-0.15, -0.1) is 0 Å². The Hall–Kier alpha value is 0.140. The van der Waals surface area contributed by atoms with E-state index in [1.165, 1.54) is 20.1 Å². The lowest BCUT2D eigenvalue weighted by atomic mass is 9.95. The SMILES string of the molecule is CNC(c1cc(Br)c(C)cc1Br)C(C)C. The summed E-state index contributed by atoms with van der Waals surface area (Å²) in [7, 11) is 2.00. The van der Waals surface area contributed by atoms with Crippen LogP contribution in [0.1, 0.15) is 31.0 Å². The highest BCUT2D eigenvalue weighted by Gasteiger charge is 2.17. The molecule has 1 aromatic carbocycles. The Kier molecular flexibility index (Phi) is 4.81. The standard InChI is InChI=1S/C12H17Br2N/c1-7(2)12(15-4)9-6-10(13)8(3)5-11(9)14/h5-7,12,15H,1-4H3. The molecule has 0 saturated heterocycles. The number of nitrogens with one attached hydrogen (secondary N) is 1. The number of rotatable bonds is 3. The molecule has 0 fully saturated rings. The van der Waals surface area contributed by atoms with Crippen LogP contribution in [0.2, 0.25) is 0 Å². The van der Waals surface area contributed by atoms with Crippen molar-refractivity contribution in [1.82, 2.24) is 5.32 Å². The Morgan fingerprint density at radius 2 is 1.73 bits per heavy atom. The molecule has 0 aliphatic heterocycles. The second-order valence-electron chi connectivity index (χ2n) is 4.13. The molecule has 0 saturated carbocycles. The summed E-state index contributed by atoms with van der Waals surface area (Å²) in [6.45, 7) is 6.55. The van der Waals surface area contributed by atoms with Crippen LogP contribution < -0.4 is 5.32 Å². The minimum absolute atomic E-state index is 0.385. The molecule has 84 valence electrons. The highest BCUT2D eigenvalue weighted by Crippen LogP contribution is 2.32. The molecule has 0 radical (unpaired) electrons. The smallest absolute Gasteiger partial charge is 0.0352 e. The van der Waals surface area contributed by atoms with Crippen molar-refractivity contribution in [1.29, 1.82) is 0 Å². The van der Waals surface area contributed by atoms with Crippen molar-refractivity contribution in [3.8, 4) is 0 Å². The molecule has 0 bridgehead atoms. The van der Waals surface area contributed by atoms with Gasteiger partial charge < -0.3 is 5.32 Å². The zero-order valence-electron chi connectivity index (χ0n) is 9.57. The fourth-order valence-corrected chi connectivity index (χ4v) is 2.81. The highest BCUT2D eigenvalue weighted by atomic mass is 79.9. The van der Waals surface area contributed by atoms with E-state index < -0.39 is 0 Å². The van der Waals surface area contributed by atoms with E-state index in [0.29, 0.717) is 12.0 Å². The van der Waals surface area contributed by atoms with Gasteiger partial charge in [-0.3, -0.25) is 0 Å². The van der Waals surface area contributed by atoms with Crippen LogP contribution in [0.4, 0.5) is 0 Å². The first kappa shape index (κ1) is 13.2. The molecule has 15 heavy (non-hydrogen) atoms. The molecule has 0 amide bonds. The van der Waals surface area contributed by atoms with E-state index >= 15 is 0 Å². The molecule has 0 heterocycles. The highest BCUT2D eigenvalue weighted by molar-refractivity contribution is 9.11. The summed E-state index contributed by atoms with van der Waals surface area (Å²) < 4.78 is 2.35. The minimum atomic E-state index is 0.385. The number of halogens is 2. The quantitative estimate of drug-likeness (QED) is 0.861. The molecule has 1 N–H and O–H groups in total. The monoisotopic (exact) mass is 333 g/mol. The van der Waals surface area contributed by atoms with Crippen LogP contribution in [0.5, 0.6) is 0 Å². The number of hydrogen-bond donors (Lipinski definition) is 1. The zero-order valence-corrected chi connectivity index (χ0v) is 12.7. The Morgan fingerprint density at radius 3 is 2.20 bits per heavy atom. The van der Waals surface area contributed by atoms with Crippen LogP contribution in [0.3, 0.4) is 0 Å². The van der Waals surface area contributed by atoms with E-state index in [2.05, 4.69) is 70.1 Å². The third-order valence-electron chi connectivity index (χ3n) is 2.59. The Labute approximate surface area is 109 Å². The van der Waals surface area contributed by atoms with Crippen LogP contribution in [-0.2, 0) is 0 Å². The molecular formula is C12H17Br2N. The average Bonchev–Trinajstić information content (AvgIpc) is 2.14. The van der Waals surface area contributed by atoms with Crippen molar-refractivity contribution in [3.63, 3.8) is 0 Å². The molecule has 0 spiro atoms. The van der Waals surface area contributed by atoms with Crippen LogP contribution >= 0.6 is 31.9 Å². The van der Waals surface area contributed by atoms with Gasteiger partial charge >= 0.3 is 0 Å². The summed E-state index contributed by atoms with van der Waals surface area (Å²) in [4.78, 5) is 0. The summed E-state index contributed by atoms with van der Waals surface area (Å²) in [5.41, 5.74) is 2.56. The lowest BCUT2D eigenvalue weighted by molar-refractivity contribution is 0.441. The van der Waals surface area contributed by atoms with Crippen LogP contribution in [-0.4, -0.2) is 7.05 Å². The minimum Gasteiger partial charge on any atom is -0.313 e. The first-order valence-electron chi connectivity index (χ1n) is 5.10.